The summed E-state index contributed by atoms with van der Waals surface area (Å²) < 4.78 is 1.68. The normalized spacial score (nSPS) is 13.4. The van der Waals surface area contributed by atoms with Crippen LogP contribution in [0.2, 0.25) is 0 Å². The Morgan fingerprint density at radius 1 is 1.41 bits per heavy atom. The van der Waals surface area contributed by atoms with Crippen LogP contribution in [0, 0.1) is 0 Å². The lowest BCUT2D eigenvalue weighted by Crippen LogP contribution is -2.50. The van der Waals surface area contributed by atoms with E-state index in [0.717, 1.165) is 5.56 Å². The molecule has 7 nitrogen and oxygen atoms in total. The number of nitrogens with one attached hydrogen (secondary N) is 2. The molecule has 0 radical (unpaired) electrons. The van der Waals surface area contributed by atoms with E-state index >= 15 is 0 Å². The molecule has 22 heavy (non-hydrogen) atoms. The molecule has 1 heterocycles. The van der Waals surface area contributed by atoms with Crippen molar-refractivity contribution in [1.29, 1.82) is 0 Å². The van der Waals surface area contributed by atoms with Gasteiger partial charge in [-0.2, -0.15) is 5.10 Å². The number of urea groups is 1. The number of para-hydroxylation sites is 1. The quantitative estimate of drug-likeness (QED) is 0.756. The van der Waals surface area contributed by atoms with E-state index in [1.165, 1.54) is 6.33 Å². The number of nitrogens with zero attached hydrogens (tertiary/aromatic N) is 3. The maximum absolute atomic E-state index is 12.1. The zero-order valence-electron chi connectivity index (χ0n) is 12.8. The van der Waals surface area contributed by atoms with Crippen LogP contribution in [-0.2, 0) is 6.54 Å². The molecule has 0 aliphatic rings. The van der Waals surface area contributed by atoms with Crippen LogP contribution >= 0.6 is 0 Å². The van der Waals surface area contributed by atoms with Gasteiger partial charge in [-0.05, 0) is 25.0 Å². The number of carbonyl (C=O) groups is 1. The fourth-order valence-corrected chi connectivity index (χ4v) is 1.94. The molecule has 2 amide bonds. The first-order valence-electron chi connectivity index (χ1n) is 7.16. The topological polar surface area (TPSA) is 92.1 Å². The van der Waals surface area contributed by atoms with Crippen molar-refractivity contribution in [3.63, 3.8) is 0 Å². The lowest BCUT2D eigenvalue weighted by atomic mass is 10.0. The highest BCUT2D eigenvalue weighted by Gasteiger charge is 2.23. The fourth-order valence-electron chi connectivity index (χ4n) is 1.94. The number of rotatable bonds is 6. The van der Waals surface area contributed by atoms with Crippen molar-refractivity contribution in [2.75, 3.05) is 11.9 Å². The van der Waals surface area contributed by atoms with Crippen LogP contribution < -0.4 is 10.6 Å². The van der Waals surface area contributed by atoms with Crippen LogP contribution in [-0.4, -0.2) is 38.0 Å². The molecule has 0 saturated heterocycles. The van der Waals surface area contributed by atoms with E-state index in [9.17, 15) is 9.90 Å². The standard InChI is InChI=1S/C15H21N5O2/c1-3-15(2,9-21)19-14(22)18-13-7-5-4-6-12(13)8-20-11-16-10-17-20/h4-7,10-11,21H,3,8-9H2,1-2H3,(H2,18,19,22). The molecule has 1 atom stereocenters. The van der Waals surface area contributed by atoms with E-state index in [2.05, 4.69) is 20.7 Å². The molecule has 1 aromatic carbocycles. The molecule has 2 rings (SSSR count). The fraction of sp³-hybridized carbons (Fsp3) is 0.400. The van der Waals surface area contributed by atoms with Crippen LogP contribution in [0.5, 0.6) is 0 Å². The number of benzene rings is 1. The van der Waals surface area contributed by atoms with Crippen LogP contribution in [0.4, 0.5) is 10.5 Å². The lowest BCUT2D eigenvalue weighted by Gasteiger charge is -2.27. The predicted molar refractivity (Wildman–Crippen MR) is 83.5 cm³/mol. The number of aliphatic hydroxyl groups is 1. The minimum atomic E-state index is -0.634. The number of aliphatic hydroxyl groups excluding tert-OH is 1. The van der Waals surface area contributed by atoms with Crippen molar-refractivity contribution in [3.05, 3.63) is 42.5 Å². The van der Waals surface area contributed by atoms with Gasteiger partial charge in [-0.25, -0.2) is 14.5 Å². The molecule has 0 aliphatic carbocycles. The van der Waals surface area contributed by atoms with E-state index < -0.39 is 5.54 Å². The maximum Gasteiger partial charge on any atom is 0.319 e. The summed E-state index contributed by atoms with van der Waals surface area (Å²) in [7, 11) is 0. The molecule has 0 aliphatic heterocycles. The first-order valence-corrected chi connectivity index (χ1v) is 7.16. The summed E-state index contributed by atoms with van der Waals surface area (Å²) in [6.45, 7) is 4.11. The van der Waals surface area contributed by atoms with Crippen molar-refractivity contribution in [2.45, 2.75) is 32.4 Å². The van der Waals surface area contributed by atoms with Crippen molar-refractivity contribution < 1.29 is 9.90 Å². The molecule has 2 aromatic rings. The smallest absolute Gasteiger partial charge is 0.319 e. The first-order chi connectivity index (χ1) is 10.6. The van der Waals surface area contributed by atoms with Gasteiger partial charge in [0.05, 0.1) is 18.7 Å². The van der Waals surface area contributed by atoms with E-state index in [1.54, 1.807) is 17.9 Å². The number of anilines is 1. The van der Waals surface area contributed by atoms with Crippen LogP contribution in [0.1, 0.15) is 25.8 Å². The maximum atomic E-state index is 12.1. The highest BCUT2D eigenvalue weighted by Crippen LogP contribution is 2.16. The highest BCUT2D eigenvalue weighted by molar-refractivity contribution is 5.90. The Morgan fingerprint density at radius 3 is 2.82 bits per heavy atom. The van der Waals surface area contributed by atoms with Crippen molar-refractivity contribution in [2.24, 2.45) is 0 Å². The van der Waals surface area contributed by atoms with Gasteiger partial charge in [0.25, 0.3) is 0 Å². The van der Waals surface area contributed by atoms with Gasteiger partial charge in [-0.3, -0.25) is 0 Å². The molecule has 118 valence electrons. The van der Waals surface area contributed by atoms with Crippen molar-refractivity contribution in [3.8, 4) is 0 Å². The second-order valence-electron chi connectivity index (χ2n) is 5.40. The molecule has 3 N–H and O–H groups in total. The van der Waals surface area contributed by atoms with E-state index in [1.807, 2.05) is 31.2 Å². The van der Waals surface area contributed by atoms with Gasteiger partial charge in [0.15, 0.2) is 0 Å². The SMILES string of the molecule is CCC(C)(CO)NC(=O)Nc1ccccc1Cn1cncn1. The minimum absolute atomic E-state index is 0.114. The molecule has 1 aromatic heterocycles. The van der Waals surface area contributed by atoms with Crippen LogP contribution in [0.25, 0.3) is 0 Å². The molecule has 7 heteroatoms. The lowest BCUT2D eigenvalue weighted by molar-refractivity contribution is 0.172. The zero-order chi connectivity index (χ0) is 16.0. The van der Waals surface area contributed by atoms with Gasteiger partial charge in [0, 0.05) is 5.69 Å². The number of hydrogen-bond acceptors (Lipinski definition) is 4. The molecular weight excluding hydrogens is 282 g/mol. The Labute approximate surface area is 129 Å². The Balaban J connectivity index is 2.08. The third kappa shape index (κ3) is 4.05. The largest absolute Gasteiger partial charge is 0.394 e. The van der Waals surface area contributed by atoms with Gasteiger partial charge in [0.2, 0.25) is 0 Å². The predicted octanol–water partition coefficient (Wildman–Crippen LogP) is 1.61. The Bertz CT molecular complexity index is 608. The first kappa shape index (κ1) is 16.0. The molecule has 0 saturated carbocycles. The van der Waals surface area contributed by atoms with Gasteiger partial charge < -0.3 is 15.7 Å². The van der Waals surface area contributed by atoms with Gasteiger partial charge in [0.1, 0.15) is 12.7 Å². The molecule has 1 unspecified atom stereocenters. The summed E-state index contributed by atoms with van der Waals surface area (Å²) in [6, 6.07) is 7.16. The van der Waals surface area contributed by atoms with Gasteiger partial charge in [-0.15, -0.1) is 0 Å². The number of hydrogen-bond donors (Lipinski definition) is 3. The monoisotopic (exact) mass is 303 g/mol. The summed E-state index contributed by atoms with van der Waals surface area (Å²) in [5.74, 6) is 0. The summed E-state index contributed by atoms with van der Waals surface area (Å²) in [5, 5.41) is 19.0. The summed E-state index contributed by atoms with van der Waals surface area (Å²) >= 11 is 0. The average molecular weight is 303 g/mol. The van der Waals surface area contributed by atoms with E-state index in [0.29, 0.717) is 18.7 Å². The molecule has 0 fully saturated rings. The summed E-state index contributed by atoms with van der Waals surface area (Å²) in [4.78, 5) is 16.0. The third-order valence-electron chi connectivity index (χ3n) is 3.61. The average Bonchev–Trinajstić information content (AvgIpc) is 3.02. The van der Waals surface area contributed by atoms with Crippen molar-refractivity contribution in [1.82, 2.24) is 20.1 Å². The third-order valence-corrected chi connectivity index (χ3v) is 3.61. The Hall–Kier alpha value is -2.41. The second-order valence-corrected chi connectivity index (χ2v) is 5.40. The van der Waals surface area contributed by atoms with Crippen LogP contribution in [0.15, 0.2) is 36.9 Å². The van der Waals surface area contributed by atoms with Crippen molar-refractivity contribution >= 4 is 11.7 Å². The summed E-state index contributed by atoms with van der Waals surface area (Å²) in [6.07, 6.45) is 3.73. The van der Waals surface area contributed by atoms with Gasteiger partial charge in [-0.1, -0.05) is 25.1 Å². The van der Waals surface area contributed by atoms with E-state index in [4.69, 9.17) is 0 Å². The zero-order valence-corrected chi connectivity index (χ0v) is 12.8. The second kappa shape index (κ2) is 7.04. The summed E-state index contributed by atoms with van der Waals surface area (Å²) in [5.41, 5.74) is 0.988. The Morgan fingerprint density at radius 2 is 2.18 bits per heavy atom. The number of amides is 2. The molecular formula is C15H21N5O2. The van der Waals surface area contributed by atoms with Gasteiger partial charge >= 0.3 is 6.03 Å². The van der Waals surface area contributed by atoms with Crippen LogP contribution in [0.3, 0.4) is 0 Å². The molecule has 0 bridgehead atoms. The minimum Gasteiger partial charge on any atom is -0.394 e. The molecule has 0 spiro atoms. The highest BCUT2D eigenvalue weighted by atomic mass is 16.3. The number of carbonyl (C=O) groups excluding carboxylic acids is 1. The number of aromatic nitrogens is 3. The Kier molecular flexibility index (Phi) is 5.11. The van der Waals surface area contributed by atoms with E-state index in [-0.39, 0.29) is 12.6 Å².